The molecule has 0 saturated carbocycles. The molecule has 2 aromatic rings. The molecule has 2 rings (SSSR count). The fraction of sp³-hybridized carbons (Fsp3) is 0.375. The number of carbonyl (C=O) groups is 2. The van der Waals surface area contributed by atoms with Gasteiger partial charge >= 0.3 is 5.97 Å². The lowest BCUT2D eigenvalue weighted by atomic mass is 10.1. The van der Waals surface area contributed by atoms with Gasteiger partial charge in [0.1, 0.15) is 0 Å². The zero-order valence-electron chi connectivity index (χ0n) is 13.1. The first-order valence-electron chi connectivity index (χ1n) is 6.98. The van der Waals surface area contributed by atoms with Crippen LogP contribution in [-0.4, -0.2) is 36.8 Å². The second-order valence-corrected chi connectivity index (χ2v) is 6.94. The third-order valence-corrected chi connectivity index (χ3v) is 5.59. The van der Waals surface area contributed by atoms with E-state index in [1.165, 1.54) is 11.8 Å². The van der Waals surface area contributed by atoms with E-state index in [2.05, 4.69) is 0 Å². The highest BCUT2D eigenvalue weighted by Gasteiger charge is 2.15. The van der Waals surface area contributed by atoms with Crippen LogP contribution in [0.3, 0.4) is 0 Å². The van der Waals surface area contributed by atoms with E-state index in [9.17, 15) is 9.59 Å². The number of rotatable bonds is 4. The summed E-state index contributed by atoms with van der Waals surface area (Å²) in [4.78, 5) is 26.0. The molecule has 0 aliphatic heterocycles. The van der Waals surface area contributed by atoms with Crippen LogP contribution in [0.2, 0.25) is 0 Å². The third-order valence-electron chi connectivity index (χ3n) is 3.22. The summed E-state index contributed by atoms with van der Waals surface area (Å²) >= 11 is 2.83. The van der Waals surface area contributed by atoms with Gasteiger partial charge in [0.25, 0.3) is 5.24 Å². The number of hydrogen-bond donors (Lipinski definition) is 0. The molecule has 1 amide bonds. The number of thiophene rings is 1. The summed E-state index contributed by atoms with van der Waals surface area (Å²) in [7, 11) is 3.48. The van der Waals surface area contributed by atoms with Gasteiger partial charge in [-0.15, -0.1) is 11.3 Å². The van der Waals surface area contributed by atoms with Crippen molar-refractivity contribution in [2.24, 2.45) is 0 Å². The number of thioether (sulfide) groups is 1. The predicted molar refractivity (Wildman–Crippen MR) is 91.8 cm³/mol. The SMILES string of the molecule is CCOC(=O)Cc1csc2c(C)c(SC(=O)N(C)C)ccc12. The van der Waals surface area contributed by atoms with Crippen LogP contribution in [0.4, 0.5) is 4.79 Å². The Hall–Kier alpha value is -1.53. The second kappa shape index (κ2) is 7.15. The van der Waals surface area contributed by atoms with Gasteiger partial charge < -0.3 is 9.64 Å². The van der Waals surface area contributed by atoms with Gasteiger partial charge in [0.15, 0.2) is 0 Å². The number of esters is 1. The molecule has 118 valence electrons. The van der Waals surface area contributed by atoms with E-state index in [1.807, 2.05) is 24.4 Å². The Bertz CT molecular complexity index is 707. The molecule has 6 heteroatoms. The Balaban J connectivity index is 2.30. The van der Waals surface area contributed by atoms with Crippen LogP contribution in [0.25, 0.3) is 10.1 Å². The van der Waals surface area contributed by atoms with Crippen molar-refractivity contribution < 1.29 is 14.3 Å². The van der Waals surface area contributed by atoms with Crippen molar-refractivity contribution in [1.82, 2.24) is 4.90 Å². The summed E-state index contributed by atoms with van der Waals surface area (Å²) in [5.74, 6) is -0.207. The van der Waals surface area contributed by atoms with Crippen LogP contribution in [0, 0.1) is 6.92 Å². The number of fused-ring (bicyclic) bond motifs is 1. The minimum absolute atomic E-state index is 0.00533. The number of hydrogen-bond acceptors (Lipinski definition) is 5. The monoisotopic (exact) mass is 337 g/mol. The van der Waals surface area contributed by atoms with Crippen molar-refractivity contribution in [2.75, 3.05) is 20.7 Å². The first-order chi connectivity index (χ1) is 10.4. The Labute approximate surface area is 138 Å². The highest BCUT2D eigenvalue weighted by molar-refractivity contribution is 8.13. The predicted octanol–water partition coefficient (Wildman–Crippen LogP) is 4.09. The molecule has 0 fully saturated rings. The molecular weight excluding hydrogens is 318 g/mol. The lowest BCUT2D eigenvalue weighted by molar-refractivity contribution is -0.142. The standard InChI is InChI=1S/C16H19NO3S2/c1-5-20-14(18)8-11-9-21-15-10(2)13(7-6-12(11)15)22-16(19)17(3)4/h6-7,9H,5,8H2,1-4H3. The van der Waals surface area contributed by atoms with Gasteiger partial charge in [-0.05, 0) is 53.6 Å². The molecule has 0 radical (unpaired) electrons. The summed E-state index contributed by atoms with van der Waals surface area (Å²) in [5, 5.41) is 3.07. The van der Waals surface area contributed by atoms with Crippen LogP contribution in [0.15, 0.2) is 22.4 Å². The van der Waals surface area contributed by atoms with Gasteiger partial charge in [-0.3, -0.25) is 9.59 Å². The molecule has 0 unspecified atom stereocenters. The molecule has 0 saturated heterocycles. The van der Waals surface area contributed by atoms with Gasteiger partial charge in [0.2, 0.25) is 0 Å². The first-order valence-corrected chi connectivity index (χ1v) is 8.68. The van der Waals surface area contributed by atoms with Crippen LogP contribution >= 0.6 is 23.1 Å². The zero-order chi connectivity index (χ0) is 16.3. The maximum atomic E-state index is 11.9. The van der Waals surface area contributed by atoms with E-state index >= 15 is 0 Å². The van der Waals surface area contributed by atoms with Gasteiger partial charge in [0, 0.05) is 23.7 Å². The molecule has 0 spiro atoms. The molecule has 0 atom stereocenters. The normalized spacial score (nSPS) is 10.7. The smallest absolute Gasteiger partial charge is 0.310 e. The van der Waals surface area contributed by atoms with Crippen molar-refractivity contribution in [3.8, 4) is 0 Å². The molecule has 0 aliphatic rings. The molecule has 4 nitrogen and oxygen atoms in total. The van der Waals surface area contributed by atoms with Crippen molar-refractivity contribution in [2.45, 2.75) is 25.2 Å². The molecule has 22 heavy (non-hydrogen) atoms. The Kier molecular flexibility index (Phi) is 5.47. The van der Waals surface area contributed by atoms with Crippen molar-refractivity contribution in [3.63, 3.8) is 0 Å². The summed E-state index contributed by atoms with van der Waals surface area (Å²) < 4.78 is 6.13. The molecule has 0 bridgehead atoms. The van der Waals surface area contributed by atoms with E-state index in [1.54, 1.807) is 37.3 Å². The highest BCUT2D eigenvalue weighted by atomic mass is 32.2. The maximum Gasteiger partial charge on any atom is 0.310 e. The number of amides is 1. The molecule has 1 aromatic heterocycles. The van der Waals surface area contributed by atoms with E-state index in [-0.39, 0.29) is 17.6 Å². The topological polar surface area (TPSA) is 46.6 Å². The van der Waals surface area contributed by atoms with Crippen molar-refractivity contribution in [1.29, 1.82) is 0 Å². The van der Waals surface area contributed by atoms with E-state index in [0.29, 0.717) is 6.61 Å². The van der Waals surface area contributed by atoms with Crippen LogP contribution < -0.4 is 0 Å². The van der Waals surface area contributed by atoms with Gasteiger partial charge in [-0.2, -0.15) is 0 Å². The number of ether oxygens (including phenoxy) is 1. The van der Waals surface area contributed by atoms with E-state index in [4.69, 9.17) is 4.74 Å². The molecule has 0 N–H and O–H groups in total. The fourth-order valence-electron chi connectivity index (χ4n) is 2.07. The summed E-state index contributed by atoms with van der Waals surface area (Å²) in [6, 6.07) is 3.93. The molecular formula is C16H19NO3S2. The minimum Gasteiger partial charge on any atom is -0.466 e. The summed E-state index contributed by atoms with van der Waals surface area (Å²) in [6.07, 6.45) is 0.288. The van der Waals surface area contributed by atoms with Crippen LogP contribution in [0.1, 0.15) is 18.1 Å². The van der Waals surface area contributed by atoms with E-state index < -0.39 is 0 Å². The van der Waals surface area contributed by atoms with Crippen molar-refractivity contribution >= 4 is 44.4 Å². The largest absolute Gasteiger partial charge is 0.466 e. The Morgan fingerprint density at radius 2 is 2.05 bits per heavy atom. The van der Waals surface area contributed by atoms with Gasteiger partial charge in [-0.25, -0.2) is 0 Å². The number of carbonyl (C=O) groups excluding carboxylic acids is 2. The lowest BCUT2D eigenvalue weighted by Gasteiger charge is -2.11. The Morgan fingerprint density at radius 1 is 1.32 bits per heavy atom. The maximum absolute atomic E-state index is 11.9. The summed E-state index contributed by atoms with van der Waals surface area (Å²) in [6.45, 7) is 4.21. The zero-order valence-corrected chi connectivity index (χ0v) is 14.8. The minimum atomic E-state index is -0.207. The molecule has 1 heterocycles. The third kappa shape index (κ3) is 3.62. The molecule has 1 aromatic carbocycles. The van der Waals surface area contributed by atoms with Crippen molar-refractivity contribution in [3.05, 3.63) is 28.6 Å². The number of benzene rings is 1. The Morgan fingerprint density at radius 3 is 2.68 bits per heavy atom. The highest BCUT2D eigenvalue weighted by Crippen LogP contribution is 2.35. The average Bonchev–Trinajstić information content (AvgIpc) is 2.85. The first kappa shape index (κ1) is 16.8. The molecule has 0 aliphatic carbocycles. The summed E-state index contributed by atoms with van der Waals surface area (Å²) in [5.41, 5.74) is 2.06. The quantitative estimate of drug-likeness (QED) is 0.623. The lowest BCUT2D eigenvalue weighted by Crippen LogP contribution is -2.16. The van der Waals surface area contributed by atoms with Gasteiger partial charge in [-0.1, -0.05) is 6.07 Å². The van der Waals surface area contributed by atoms with E-state index in [0.717, 1.165) is 26.1 Å². The number of nitrogens with zero attached hydrogens (tertiary/aromatic N) is 1. The van der Waals surface area contributed by atoms with Gasteiger partial charge in [0.05, 0.1) is 13.0 Å². The number of aryl methyl sites for hydroxylation is 1. The van der Waals surface area contributed by atoms with Crippen LogP contribution in [0.5, 0.6) is 0 Å². The van der Waals surface area contributed by atoms with Crippen LogP contribution in [-0.2, 0) is 16.0 Å². The average molecular weight is 337 g/mol. The fourth-order valence-corrected chi connectivity index (χ4v) is 3.98. The second-order valence-electron chi connectivity index (χ2n) is 5.07.